The molecule has 0 aliphatic heterocycles. The minimum atomic E-state index is -0.272. The predicted octanol–water partition coefficient (Wildman–Crippen LogP) is 4.10. The highest BCUT2D eigenvalue weighted by molar-refractivity contribution is 5.86. The van der Waals surface area contributed by atoms with Crippen LogP contribution in [0.25, 0.3) is 0 Å². The average Bonchev–Trinajstić information content (AvgIpc) is 2.21. The minimum Gasteiger partial charge on any atom is -0.462 e. The molecular formula is C14H26O2. The van der Waals surface area contributed by atoms with Gasteiger partial charge < -0.3 is 4.74 Å². The van der Waals surface area contributed by atoms with E-state index in [-0.39, 0.29) is 5.97 Å². The quantitative estimate of drug-likeness (QED) is 0.354. The Hall–Kier alpha value is -0.790. The molecule has 0 aromatic rings. The van der Waals surface area contributed by atoms with Gasteiger partial charge in [-0.05, 0) is 31.6 Å². The number of hydrogen-bond acceptors (Lipinski definition) is 2. The van der Waals surface area contributed by atoms with E-state index in [2.05, 4.69) is 27.4 Å². The molecule has 0 atom stereocenters. The molecule has 0 saturated heterocycles. The fraction of sp³-hybridized carbons (Fsp3) is 0.786. The second-order valence-electron chi connectivity index (χ2n) is 5.29. The normalized spacial score (nSPS) is 11.2. The molecule has 0 N–H and O–H groups in total. The van der Waals surface area contributed by atoms with Crippen molar-refractivity contribution in [1.29, 1.82) is 0 Å². The average molecular weight is 226 g/mol. The number of carbonyl (C=O) groups excluding carboxylic acids is 1. The van der Waals surface area contributed by atoms with Gasteiger partial charge in [0, 0.05) is 5.57 Å². The first-order valence-corrected chi connectivity index (χ1v) is 6.21. The summed E-state index contributed by atoms with van der Waals surface area (Å²) >= 11 is 0. The van der Waals surface area contributed by atoms with Gasteiger partial charge in [0.05, 0.1) is 6.61 Å². The van der Waals surface area contributed by atoms with Crippen LogP contribution in [0.4, 0.5) is 0 Å². The third-order valence-electron chi connectivity index (χ3n) is 2.79. The molecule has 0 saturated carbocycles. The molecule has 0 rings (SSSR count). The summed E-state index contributed by atoms with van der Waals surface area (Å²) in [7, 11) is 0. The lowest BCUT2D eigenvalue weighted by Gasteiger charge is -2.24. The molecule has 0 radical (unpaired) electrons. The van der Waals surface area contributed by atoms with Crippen LogP contribution in [0.3, 0.4) is 0 Å². The molecule has 0 aromatic carbocycles. The molecule has 0 amide bonds. The summed E-state index contributed by atoms with van der Waals surface area (Å²) in [6, 6.07) is 0. The van der Waals surface area contributed by atoms with E-state index in [0.29, 0.717) is 17.6 Å². The first-order chi connectivity index (χ1) is 7.39. The van der Waals surface area contributed by atoms with E-state index in [0.717, 1.165) is 12.8 Å². The van der Waals surface area contributed by atoms with Gasteiger partial charge in [-0.3, -0.25) is 0 Å². The Bertz CT molecular complexity index is 229. The van der Waals surface area contributed by atoms with Crippen molar-refractivity contribution in [2.45, 2.75) is 59.8 Å². The van der Waals surface area contributed by atoms with Crippen LogP contribution >= 0.6 is 0 Å². The summed E-state index contributed by atoms with van der Waals surface area (Å²) < 4.78 is 5.06. The molecule has 0 spiro atoms. The zero-order valence-electron chi connectivity index (χ0n) is 11.3. The fourth-order valence-corrected chi connectivity index (χ4v) is 1.62. The van der Waals surface area contributed by atoms with Gasteiger partial charge >= 0.3 is 5.97 Å². The van der Waals surface area contributed by atoms with Crippen molar-refractivity contribution in [3.63, 3.8) is 0 Å². The van der Waals surface area contributed by atoms with Gasteiger partial charge in [-0.15, -0.1) is 0 Å². The largest absolute Gasteiger partial charge is 0.462 e. The molecule has 16 heavy (non-hydrogen) atoms. The highest BCUT2D eigenvalue weighted by atomic mass is 16.5. The molecule has 0 fully saturated rings. The highest BCUT2D eigenvalue weighted by Crippen LogP contribution is 2.28. The fourth-order valence-electron chi connectivity index (χ4n) is 1.62. The number of hydrogen-bond donors (Lipinski definition) is 0. The monoisotopic (exact) mass is 226 g/mol. The number of ether oxygens (including phenoxy) is 1. The maximum Gasteiger partial charge on any atom is 0.333 e. The van der Waals surface area contributed by atoms with Crippen LogP contribution in [0.2, 0.25) is 0 Å². The summed E-state index contributed by atoms with van der Waals surface area (Å²) in [5.41, 5.74) is 0.844. The Morgan fingerprint density at radius 3 is 2.31 bits per heavy atom. The zero-order valence-corrected chi connectivity index (χ0v) is 11.3. The first-order valence-electron chi connectivity index (χ1n) is 6.21. The van der Waals surface area contributed by atoms with E-state index in [1.54, 1.807) is 6.92 Å². The minimum absolute atomic E-state index is 0.272. The number of esters is 1. The second-order valence-corrected chi connectivity index (χ2v) is 5.29. The number of rotatable bonds is 8. The lowest BCUT2D eigenvalue weighted by Crippen LogP contribution is -2.13. The SMILES string of the molecule is C=C(C)C(=O)OCCCC(C)(C)CCCC. The van der Waals surface area contributed by atoms with Crippen molar-refractivity contribution in [1.82, 2.24) is 0 Å². The Morgan fingerprint density at radius 1 is 1.25 bits per heavy atom. The van der Waals surface area contributed by atoms with E-state index in [1.807, 2.05) is 0 Å². The summed E-state index contributed by atoms with van der Waals surface area (Å²) in [4.78, 5) is 11.1. The van der Waals surface area contributed by atoms with Gasteiger partial charge in [-0.1, -0.05) is 40.2 Å². The van der Waals surface area contributed by atoms with E-state index < -0.39 is 0 Å². The van der Waals surface area contributed by atoms with Crippen molar-refractivity contribution in [3.05, 3.63) is 12.2 Å². The van der Waals surface area contributed by atoms with Crippen LogP contribution in [0, 0.1) is 5.41 Å². The zero-order chi connectivity index (χ0) is 12.6. The van der Waals surface area contributed by atoms with Crippen LogP contribution < -0.4 is 0 Å². The van der Waals surface area contributed by atoms with Gasteiger partial charge in [0.15, 0.2) is 0 Å². The molecular weight excluding hydrogens is 200 g/mol. The van der Waals surface area contributed by atoms with Gasteiger partial charge in [0.25, 0.3) is 0 Å². The molecule has 0 heterocycles. The van der Waals surface area contributed by atoms with E-state index in [1.165, 1.54) is 19.3 Å². The lowest BCUT2D eigenvalue weighted by molar-refractivity contribution is -0.139. The molecule has 2 heteroatoms. The van der Waals surface area contributed by atoms with Crippen LogP contribution in [0.1, 0.15) is 59.8 Å². The third-order valence-corrected chi connectivity index (χ3v) is 2.79. The van der Waals surface area contributed by atoms with E-state index in [4.69, 9.17) is 4.74 Å². The second kappa shape index (κ2) is 7.48. The van der Waals surface area contributed by atoms with Gasteiger partial charge in [0.1, 0.15) is 0 Å². The molecule has 2 nitrogen and oxygen atoms in total. The summed E-state index contributed by atoms with van der Waals surface area (Å²) in [5, 5.41) is 0. The first kappa shape index (κ1) is 15.2. The van der Waals surface area contributed by atoms with E-state index in [9.17, 15) is 4.79 Å². The topological polar surface area (TPSA) is 26.3 Å². The molecule has 0 aromatic heterocycles. The predicted molar refractivity (Wildman–Crippen MR) is 68.3 cm³/mol. The van der Waals surface area contributed by atoms with Crippen LogP contribution in [-0.2, 0) is 9.53 Å². The van der Waals surface area contributed by atoms with Gasteiger partial charge in [-0.25, -0.2) is 4.79 Å². The van der Waals surface area contributed by atoms with E-state index >= 15 is 0 Å². The third kappa shape index (κ3) is 7.49. The van der Waals surface area contributed by atoms with Crippen LogP contribution in [-0.4, -0.2) is 12.6 Å². The smallest absolute Gasteiger partial charge is 0.333 e. The van der Waals surface area contributed by atoms with Crippen molar-refractivity contribution in [3.8, 4) is 0 Å². The van der Waals surface area contributed by atoms with Crippen molar-refractivity contribution < 1.29 is 9.53 Å². The number of unbranched alkanes of at least 4 members (excludes halogenated alkanes) is 1. The van der Waals surface area contributed by atoms with Crippen molar-refractivity contribution in [2.24, 2.45) is 5.41 Å². The van der Waals surface area contributed by atoms with Crippen LogP contribution in [0.15, 0.2) is 12.2 Å². The van der Waals surface area contributed by atoms with Gasteiger partial charge in [0.2, 0.25) is 0 Å². The Balaban J connectivity index is 3.64. The molecule has 0 bridgehead atoms. The standard InChI is InChI=1S/C14H26O2/c1-6-7-9-14(4,5)10-8-11-16-13(15)12(2)3/h2,6-11H2,1,3-5H3. The van der Waals surface area contributed by atoms with Crippen LogP contribution in [0.5, 0.6) is 0 Å². The van der Waals surface area contributed by atoms with Crippen molar-refractivity contribution in [2.75, 3.05) is 6.61 Å². The maximum atomic E-state index is 11.1. The molecule has 94 valence electrons. The summed E-state index contributed by atoms with van der Waals surface area (Å²) in [6.45, 7) is 12.5. The summed E-state index contributed by atoms with van der Waals surface area (Å²) in [6.07, 6.45) is 5.82. The number of carbonyl (C=O) groups is 1. The molecule has 0 unspecified atom stereocenters. The molecule has 0 aliphatic carbocycles. The van der Waals surface area contributed by atoms with Gasteiger partial charge in [-0.2, -0.15) is 0 Å². The Morgan fingerprint density at radius 2 is 1.81 bits per heavy atom. The Labute approximate surface area is 100 Å². The summed E-state index contributed by atoms with van der Waals surface area (Å²) in [5.74, 6) is -0.272. The maximum absolute atomic E-state index is 11.1. The van der Waals surface area contributed by atoms with Crippen molar-refractivity contribution >= 4 is 5.97 Å². The lowest BCUT2D eigenvalue weighted by atomic mass is 9.83. The highest BCUT2D eigenvalue weighted by Gasteiger charge is 2.16. The Kier molecular flexibility index (Phi) is 7.11. The molecule has 0 aliphatic rings.